The van der Waals surface area contributed by atoms with E-state index in [0.29, 0.717) is 11.8 Å². The Morgan fingerprint density at radius 3 is 2.67 bits per heavy atom. The van der Waals surface area contributed by atoms with Crippen LogP contribution in [0.15, 0.2) is 29.0 Å². The van der Waals surface area contributed by atoms with Crippen molar-refractivity contribution in [2.75, 3.05) is 12.4 Å². The zero-order valence-corrected chi connectivity index (χ0v) is 14.4. The molecule has 0 fully saturated rings. The lowest BCUT2D eigenvalue weighted by Gasteiger charge is -2.16. The number of nitrogens with zero attached hydrogens (tertiary/aromatic N) is 2. The fraction of sp³-hybridized carbons (Fsp3) is 0.375. The summed E-state index contributed by atoms with van der Waals surface area (Å²) >= 11 is 3.51. The average Bonchev–Trinajstić information content (AvgIpc) is 2.48. The topological polar surface area (TPSA) is 47.0 Å². The molecule has 0 aliphatic rings. The molecule has 0 unspecified atom stereocenters. The van der Waals surface area contributed by atoms with Crippen molar-refractivity contribution < 1.29 is 4.74 Å². The predicted octanol–water partition coefficient (Wildman–Crippen LogP) is 4.76. The lowest BCUT2D eigenvalue weighted by molar-refractivity contribution is 0.447. The van der Waals surface area contributed by atoms with Gasteiger partial charge in [0.05, 0.1) is 5.56 Å². The van der Waals surface area contributed by atoms with Gasteiger partial charge in [0, 0.05) is 11.5 Å². The van der Waals surface area contributed by atoms with Crippen molar-refractivity contribution >= 4 is 21.7 Å². The average molecular weight is 350 g/mol. The van der Waals surface area contributed by atoms with Crippen molar-refractivity contribution in [3.63, 3.8) is 0 Å². The monoisotopic (exact) mass is 349 g/mol. The van der Waals surface area contributed by atoms with Gasteiger partial charge in [-0.05, 0) is 36.1 Å². The molecule has 21 heavy (non-hydrogen) atoms. The fourth-order valence-corrected chi connectivity index (χ4v) is 2.56. The molecule has 5 heteroatoms. The van der Waals surface area contributed by atoms with Crippen LogP contribution in [0.5, 0.6) is 11.6 Å². The van der Waals surface area contributed by atoms with Gasteiger partial charge in [0.1, 0.15) is 17.9 Å². The van der Waals surface area contributed by atoms with Crippen LogP contribution in [0.25, 0.3) is 0 Å². The van der Waals surface area contributed by atoms with Crippen LogP contribution < -0.4 is 10.1 Å². The highest BCUT2D eigenvalue weighted by atomic mass is 79.9. The van der Waals surface area contributed by atoms with E-state index < -0.39 is 0 Å². The first-order chi connectivity index (χ1) is 10.1. The smallest absolute Gasteiger partial charge is 0.227 e. The molecule has 0 bridgehead atoms. The number of aromatic nitrogens is 2. The molecule has 0 amide bonds. The molecule has 0 saturated heterocycles. The summed E-state index contributed by atoms with van der Waals surface area (Å²) in [6.07, 6.45) is 2.33. The fourth-order valence-electron chi connectivity index (χ4n) is 2.19. The first-order valence-corrected chi connectivity index (χ1v) is 7.85. The first kappa shape index (κ1) is 15.8. The minimum absolute atomic E-state index is 0.369. The molecular weight excluding hydrogens is 330 g/mol. The predicted molar refractivity (Wildman–Crippen MR) is 89.3 cm³/mol. The Kier molecular flexibility index (Phi) is 5.17. The molecule has 1 aromatic carbocycles. The Labute approximate surface area is 134 Å². The van der Waals surface area contributed by atoms with E-state index in [0.717, 1.165) is 33.6 Å². The zero-order chi connectivity index (χ0) is 15.4. The summed E-state index contributed by atoms with van der Waals surface area (Å²) in [4.78, 5) is 8.52. The second-order valence-electron chi connectivity index (χ2n) is 5.05. The molecule has 2 aromatic rings. The summed E-state index contributed by atoms with van der Waals surface area (Å²) in [7, 11) is 1.85. The molecule has 1 aromatic heterocycles. The SMILES string of the molecule is CCc1c(NC)ncnc1Oc1ccc(Br)cc1C(C)C. The molecule has 0 saturated carbocycles. The van der Waals surface area contributed by atoms with E-state index >= 15 is 0 Å². The second kappa shape index (κ2) is 6.89. The standard InChI is InChI=1S/C16H20BrN3O/c1-5-12-15(18-4)19-9-20-16(12)21-14-7-6-11(17)8-13(14)10(2)3/h6-10H,5H2,1-4H3,(H,18,19,20). The van der Waals surface area contributed by atoms with Gasteiger partial charge in [-0.3, -0.25) is 0 Å². The number of anilines is 1. The van der Waals surface area contributed by atoms with Crippen LogP contribution in [-0.2, 0) is 6.42 Å². The number of rotatable bonds is 5. The Morgan fingerprint density at radius 1 is 1.29 bits per heavy atom. The van der Waals surface area contributed by atoms with E-state index in [1.165, 1.54) is 6.33 Å². The molecule has 1 heterocycles. The molecule has 0 aliphatic carbocycles. The van der Waals surface area contributed by atoms with Gasteiger partial charge < -0.3 is 10.1 Å². The number of hydrogen-bond acceptors (Lipinski definition) is 4. The summed E-state index contributed by atoms with van der Waals surface area (Å²) in [6, 6.07) is 6.04. The van der Waals surface area contributed by atoms with Crippen LogP contribution in [0.3, 0.4) is 0 Å². The Hall–Kier alpha value is -1.62. The van der Waals surface area contributed by atoms with E-state index in [1.807, 2.05) is 19.2 Å². The van der Waals surface area contributed by atoms with Crippen LogP contribution in [-0.4, -0.2) is 17.0 Å². The van der Waals surface area contributed by atoms with Gasteiger partial charge in [-0.25, -0.2) is 9.97 Å². The quantitative estimate of drug-likeness (QED) is 0.845. The molecule has 2 rings (SSSR count). The van der Waals surface area contributed by atoms with Crippen LogP contribution in [0.1, 0.15) is 37.8 Å². The third kappa shape index (κ3) is 3.53. The van der Waals surface area contributed by atoms with Gasteiger partial charge >= 0.3 is 0 Å². The van der Waals surface area contributed by atoms with Gasteiger partial charge in [-0.15, -0.1) is 0 Å². The van der Waals surface area contributed by atoms with E-state index in [1.54, 1.807) is 0 Å². The number of ether oxygens (including phenoxy) is 1. The minimum Gasteiger partial charge on any atom is -0.438 e. The third-order valence-corrected chi connectivity index (χ3v) is 3.79. The van der Waals surface area contributed by atoms with Crippen molar-refractivity contribution in [3.8, 4) is 11.6 Å². The van der Waals surface area contributed by atoms with E-state index in [9.17, 15) is 0 Å². The maximum atomic E-state index is 6.08. The molecule has 112 valence electrons. The highest BCUT2D eigenvalue weighted by molar-refractivity contribution is 9.10. The van der Waals surface area contributed by atoms with Gasteiger partial charge in [-0.1, -0.05) is 36.7 Å². The maximum Gasteiger partial charge on any atom is 0.227 e. The Bertz CT molecular complexity index is 629. The molecule has 0 radical (unpaired) electrons. The highest BCUT2D eigenvalue weighted by Crippen LogP contribution is 2.34. The van der Waals surface area contributed by atoms with Crippen molar-refractivity contribution in [1.29, 1.82) is 0 Å². The maximum absolute atomic E-state index is 6.08. The molecule has 4 nitrogen and oxygen atoms in total. The number of nitrogens with one attached hydrogen (secondary N) is 1. The normalized spacial score (nSPS) is 10.8. The number of halogens is 1. The van der Waals surface area contributed by atoms with E-state index in [4.69, 9.17) is 4.74 Å². The summed E-state index contributed by atoms with van der Waals surface area (Å²) < 4.78 is 7.13. The van der Waals surface area contributed by atoms with E-state index in [2.05, 4.69) is 58.1 Å². The molecule has 0 spiro atoms. The molecule has 1 N–H and O–H groups in total. The minimum atomic E-state index is 0.369. The van der Waals surface area contributed by atoms with E-state index in [-0.39, 0.29) is 0 Å². The Balaban J connectivity index is 2.43. The summed E-state index contributed by atoms with van der Waals surface area (Å²) in [5.74, 6) is 2.63. The molecule has 0 atom stereocenters. The summed E-state index contributed by atoms with van der Waals surface area (Å²) in [6.45, 7) is 6.36. The van der Waals surface area contributed by atoms with Crippen molar-refractivity contribution in [3.05, 3.63) is 40.1 Å². The molecular formula is C16H20BrN3O. The number of hydrogen-bond donors (Lipinski definition) is 1. The van der Waals surface area contributed by atoms with Crippen molar-refractivity contribution in [1.82, 2.24) is 9.97 Å². The van der Waals surface area contributed by atoms with Crippen LogP contribution in [0, 0.1) is 0 Å². The first-order valence-electron chi connectivity index (χ1n) is 7.05. The van der Waals surface area contributed by atoms with Crippen LogP contribution in [0.4, 0.5) is 5.82 Å². The van der Waals surface area contributed by atoms with Gasteiger partial charge in [0.25, 0.3) is 0 Å². The van der Waals surface area contributed by atoms with Crippen LogP contribution in [0.2, 0.25) is 0 Å². The Morgan fingerprint density at radius 2 is 2.05 bits per heavy atom. The lowest BCUT2D eigenvalue weighted by atomic mass is 10.0. The van der Waals surface area contributed by atoms with Crippen molar-refractivity contribution in [2.24, 2.45) is 0 Å². The van der Waals surface area contributed by atoms with Gasteiger partial charge in [0.15, 0.2) is 0 Å². The highest BCUT2D eigenvalue weighted by Gasteiger charge is 2.14. The van der Waals surface area contributed by atoms with Gasteiger partial charge in [0.2, 0.25) is 5.88 Å². The van der Waals surface area contributed by atoms with Crippen LogP contribution >= 0.6 is 15.9 Å². The summed E-state index contributed by atoms with van der Waals surface area (Å²) in [5, 5.41) is 3.08. The largest absolute Gasteiger partial charge is 0.438 e. The van der Waals surface area contributed by atoms with Crippen molar-refractivity contribution in [2.45, 2.75) is 33.1 Å². The molecule has 0 aliphatic heterocycles. The second-order valence-corrected chi connectivity index (χ2v) is 5.96. The summed E-state index contributed by atoms with van der Waals surface area (Å²) in [5.41, 5.74) is 2.13. The number of benzene rings is 1. The van der Waals surface area contributed by atoms with Gasteiger partial charge in [-0.2, -0.15) is 0 Å². The third-order valence-electron chi connectivity index (χ3n) is 3.30. The zero-order valence-electron chi connectivity index (χ0n) is 12.8. The lowest BCUT2D eigenvalue weighted by Crippen LogP contribution is -2.03.